The number of likely N-dealkylation sites (N-methyl/N-ethyl adjacent to an activating group) is 1. The van der Waals surface area contributed by atoms with Crippen molar-refractivity contribution < 1.29 is 0 Å². The maximum atomic E-state index is 6.01. The van der Waals surface area contributed by atoms with E-state index in [4.69, 9.17) is 11.6 Å². The van der Waals surface area contributed by atoms with Gasteiger partial charge in [0.15, 0.2) is 0 Å². The number of hydrogen-bond acceptors (Lipinski definition) is 3. The Morgan fingerprint density at radius 3 is 3.06 bits per heavy atom. The van der Waals surface area contributed by atoms with E-state index in [1.54, 1.807) is 11.3 Å². The van der Waals surface area contributed by atoms with E-state index in [1.165, 1.54) is 24.3 Å². The molecule has 1 fully saturated rings. The van der Waals surface area contributed by atoms with Crippen LogP contribution in [-0.4, -0.2) is 30.6 Å². The Hall–Kier alpha value is -0.0900. The molecule has 96 valence electrons. The molecule has 0 aromatic carbocycles. The molecule has 2 atom stereocenters. The fraction of sp³-hybridized carbons (Fsp3) is 0.692. The van der Waals surface area contributed by atoms with Gasteiger partial charge in [-0.2, -0.15) is 0 Å². The van der Waals surface area contributed by atoms with Gasteiger partial charge < -0.3 is 5.32 Å². The largest absolute Gasteiger partial charge is 0.313 e. The van der Waals surface area contributed by atoms with Crippen LogP contribution in [0, 0.1) is 0 Å². The first kappa shape index (κ1) is 13.3. The van der Waals surface area contributed by atoms with Gasteiger partial charge in [-0.15, -0.1) is 11.3 Å². The number of halogens is 1. The summed E-state index contributed by atoms with van der Waals surface area (Å²) in [6.07, 6.45) is 2.60. The van der Waals surface area contributed by atoms with Crippen LogP contribution in [0.1, 0.15) is 37.6 Å². The van der Waals surface area contributed by atoms with Crippen LogP contribution < -0.4 is 5.32 Å². The quantitative estimate of drug-likeness (QED) is 0.902. The van der Waals surface area contributed by atoms with Crippen molar-refractivity contribution in [2.45, 2.75) is 38.8 Å². The summed E-state index contributed by atoms with van der Waals surface area (Å²) >= 11 is 7.72. The maximum Gasteiger partial charge on any atom is 0.0931 e. The molecule has 1 saturated heterocycles. The normalized spacial score (nSPS) is 23.8. The zero-order valence-electron chi connectivity index (χ0n) is 10.6. The minimum atomic E-state index is 0.494. The highest BCUT2D eigenvalue weighted by Gasteiger charge is 2.24. The first-order chi connectivity index (χ1) is 8.20. The molecule has 4 heteroatoms. The molecule has 0 bridgehead atoms. The lowest BCUT2D eigenvalue weighted by Crippen LogP contribution is -2.46. The molecule has 2 rings (SSSR count). The van der Waals surface area contributed by atoms with Crippen molar-refractivity contribution in [3.8, 4) is 0 Å². The highest BCUT2D eigenvalue weighted by molar-refractivity contribution is 7.16. The molecule has 2 nitrogen and oxygen atoms in total. The molecule has 2 unspecified atom stereocenters. The number of rotatable bonds is 4. The Kier molecular flexibility index (Phi) is 4.86. The number of likely N-dealkylation sites (tertiary alicyclic amines) is 1. The van der Waals surface area contributed by atoms with Crippen LogP contribution in [0.2, 0.25) is 4.34 Å². The van der Waals surface area contributed by atoms with E-state index in [9.17, 15) is 0 Å². The third-order valence-corrected chi connectivity index (χ3v) is 4.90. The molecule has 1 aliphatic rings. The van der Waals surface area contributed by atoms with Gasteiger partial charge in [0.1, 0.15) is 0 Å². The first-order valence-corrected chi connectivity index (χ1v) is 7.62. The van der Waals surface area contributed by atoms with Gasteiger partial charge in [0.05, 0.1) is 4.34 Å². The lowest BCUT2D eigenvalue weighted by Gasteiger charge is -2.36. The summed E-state index contributed by atoms with van der Waals surface area (Å²) in [5, 5.41) is 3.56. The van der Waals surface area contributed by atoms with E-state index in [0.29, 0.717) is 12.1 Å². The molecule has 0 radical (unpaired) electrons. The van der Waals surface area contributed by atoms with Crippen LogP contribution in [0.5, 0.6) is 0 Å². The molecule has 1 aromatic rings. The van der Waals surface area contributed by atoms with Crippen molar-refractivity contribution in [1.29, 1.82) is 0 Å². The van der Waals surface area contributed by atoms with E-state index in [1.807, 2.05) is 6.07 Å². The Labute approximate surface area is 113 Å². The number of piperidine rings is 1. The van der Waals surface area contributed by atoms with Gasteiger partial charge in [-0.1, -0.05) is 18.5 Å². The fourth-order valence-corrected chi connectivity index (χ4v) is 3.69. The molecule has 0 spiro atoms. The standard InChI is InChI=1S/C13H21ClN2S/c1-3-15-11-5-4-8-16(9-11)10(2)12-6-7-13(14)17-12/h6-7,10-11,15H,3-5,8-9H2,1-2H3. The molecular formula is C13H21ClN2S. The molecule has 1 aromatic heterocycles. The highest BCUT2D eigenvalue weighted by Crippen LogP contribution is 2.31. The van der Waals surface area contributed by atoms with Gasteiger partial charge in [-0.25, -0.2) is 0 Å². The smallest absolute Gasteiger partial charge is 0.0931 e. The summed E-state index contributed by atoms with van der Waals surface area (Å²) in [5.41, 5.74) is 0. The second-order valence-corrected chi connectivity index (χ2v) is 6.46. The minimum Gasteiger partial charge on any atom is -0.313 e. The number of nitrogens with zero attached hydrogens (tertiary/aromatic N) is 1. The molecule has 1 aliphatic heterocycles. The van der Waals surface area contributed by atoms with Crippen LogP contribution >= 0.6 is 22.9 Å². The van der Waals surface area contributed by atoms with Gasteiger partial charge in [0, 0.05) is 23.5 Å². The van der Waals surface area contributed by atoms with Crippen molar-refractivity contribution in [1.82, 2.24) is 10.2 Å². The average Bonchev–Trinajstić information content (AvgIpc) is 2.76. The third-order valence-electron chi connectivity index (χ3n) is 3.50. The van der Waals surface area contributed by atoms with E-state index in [2.05, 4.69) is 30.1 Å². The van der Waals surface area contributed by atoms with E-state index in [-0.39, 0.29) is 0 Å². The van der Waals surface area contributed by atoms with Crippen molar-refractivity contribution in [3.05, 3.63) is 21.3 Å². The summed E-state index contributed by atoms with van der Waals surface area (Å²) in [6, 6.07) is 5.32. The van der Waals surface area contributed by atoms with Crippen molar-refractivity contribution in [3.63, 3.8) is 0 Å². The van der Waals surface area contributed by atoms with Crippen LogP contribution in [0.4, 0.5) is 0 Å². The van der Waals surface area contributed by atoms with Crippen LogP contribution in [0.15, 0.2) is 12.1 Å². The zero-order chi connectivity index (χ0) is 12.3. The zero-order valence-corrected chi connectivity index (χ0v) is 12.2. The summed E-state index contributed by atoms with van der Waals surface area (Å²) in [7, 11) is 0. The SMILES string of the molecule is CCNC1CCCN(C(C)c2ccc(Cl)s2)C1. The molecule has 1 N–H and O–H groups in total. The van der Waals surface area contributed by atoms with Gasteiger partial charge in [0.25, 0.3) is 0 Å². The Bertz CT molecular complexity index is 351. The predicted octanol–water partition coefficient (Wildman–Crippen LogP) is 3.54. The Morgan fingerprint density at radius 1 is 1.59 bits per heavy atom. The molecule has 2 heterocycles. The summed E-state index contributed by atoms with van der Waals surface area (Å²) in [5.74, 6) is 0. The van der Waals surface area contributed by atoms with Crippen LogP contribution in [-0.2, 0) is 0 Å². The molecule has 0 saturated carbocycles. The molecular weight excluding hydrogens is 252 g/mol. The molecule has 0 amide bonds. The van der Waals surface area contributed by atoms with Crippen molar-refractivity contribution >= 4 is 22.9 Å². The lowest BCUT2D eigenvalue weighted by atomic mass is 10.0. The highest BCUT2D eigenvalue weighted by atomic mass is 35.5. The van der Waals surface area contributed by atoms with Gasteiger partial charge in [0.2, 0.25) is 0 Å². The van der Waals surface area contributed by atoms with Gasteiger partial charge in [-0.3, -0.25) is 4.90 Å². The molecule has 17 heavy (non-hydrogen) atoms. The molecule has 0 aliphatic carbocycles. The van der Waals surface area contributed by atoms with Gasteiger partial charge >= 0.3 is 0 Å². The minimum absolute atomic E-state index is 0.494. The maximum absolute atomic E-state index is 6.01. The predicted molar refractivity (Wildman–Crippen MR) is 76.0 cm³/mol. The first-order valence-electron chi connectivity index (χ1n) is 6.43. The topological polar surface area (TPSA) is 15.3 Å². The van der Waals surface area contributed by atoms with Gasteiger partial charge in [-0.05, 0) is 45.0 Å². The number of nitrogens with one attached hydrogen (secondary N) is 1. The second-order valence-electron chi connectivity index (χ2n) is 4.71. The second kappa shape index (κ2) is 6.19. The fourth-order valence-electron chi connectivity index (χ4n) is 2.55. The van der Waals surface area contributed by atoms with E-state index < -0.39 is 0 Å². The summed E-state index contributed by atoms with van der Waals surface area (Å²) in [6.45, 7) is 7.90. The Balaban J connectivity index is 1.97. The number of thiophene rings is 1. The third kappa shape index (κ3) is 3.44. The average molecular weight is 273 g/mol. The van der Waals surface area contributed by atoms with Crippen LogP contribution in [0.3, 0.4) is 0 Å². The summed E-state index contributed by atoms with van der Waals surface area (Å²) < 4.78 is 0.895. The monoisotopic (exact) mass is 272 g/mol. The van der Waals surface area contributed by atoms with Crippen LogP contribution in [0.25, 0.3) is 0 Å². The van der Waals surface area contributed by atoms with E-state index in [0.717, 1.165) is 17.4 Å². The van der Waals surface area contributed by atoms with E-state index >= 15 is 0 Å². The Morgan fingerprint density at radius 2 is 2.41 bits per heavy atom. The van der Waals surface area contributed by atoms with Crippen molar-refractivity contribution in [2.24, 2.45) is 0 Å². The number of hydrogen-bond donors (Lipinski definition) is 1. The van der Waals surface area contributed by atoms with Crippen molar-refractivity contribution in [2.75, 3.05) is 19.6 Å². The summed E-state index contributed by atoms with van der Waals surface area (Å²) in [4.78, 5) is 3.95. The lowest BCUT2D eigenvalue weighted by molar-refractivity contribution is 0.148.